The van der Waals surface area contributed by atoms with Gasteiger partial charge in [-0.25, -0.2) is 8.42 Å². The van der Waals surface area contributed by atoms with Gasteiger partial charge in [0.25, 0.3) is 17.4 Å². The molecule has 0 saturated heterocycles. The molecule has 1 heterocycles. The number of sulfone groups is 1. The minimum atomic E-state index is -4.68. The van der Waals surface area contributed by atoms with Crippen molar-refractivity contribution in [3.05, 3.63) is 92.4 Å². The summed E-state index contributed by atoms with van der Waals surface area (Å²) in [6.45, 7) is 2.60. The highest BCUT2D eigenvalue weighted by Gasteiger charge is 2.31. The van der Waals surface area contributed by atoms with E-state index in [0.29, 0.717) is 5.56 Å². The maximum Gasteiger partial charge on any atom is 0.416 e. The van der Waals surface area contributed by atoms with Crippen LogP contribution in [0.15, 0.2) is 58.2 Å². The Morgan fingerprint density at radius 1 is 1.03 bits per heavy atom. The third kappa shape index (κ3) is 5.33. The van der Waals surface area contributed by atoms with Crippen molar-refractivity contribution < 1.29 is 31.2 Å². The van der Waals surface area contributed by atoms with E-state index >= 15 is 0 Å². The highest BCUT2D eigenvalue weighted by atomic mass is 32.2. The minimum absolute atomic E-state index is 0.0156. The first-order valence-electron chi connectivity index (χ1n) is 10.4. The lowest BCUT2D eigenvalue weighted by atomic mass is 10.00. The average molecular weight is 522 g/mol. The molecule has 1 aromatic heterocycles. The van der Waals surface area contributed by atoms with Crippen molar-refractivity contribution in [2.45, 2.75) is 31.5 Å². The quantitative estimate of drug-likeness (QED) is 0.516. The fourth-order valence-corrected chi connectivity index (χ4v) is 4.45. The summed E-state index contributed by atoms with van der Waals surface area (Å²) in [7, 11) is -3.41. The minimum Gasteiger partial charge on any atom is -0.366 e. The molecule has 2 amide bonds. The summed E-state index contributed by atoms with van der Waals surface area (Å²) in [5.74, 6) is -1.84. The number of carbonyl (C=O) groups excluding carboxylic acids is 2. The number of nitrogens with two attached hydrogens (primary N) is 1. The van der Waals surface area contributed by atoms with Gasteiger partial charge >= 0.3 is 6.18 Å². The number of nitrogens with one attached hydrogen (secondary N) is 1. The van der Waals surface area contributed by atoms with Gasteiger partial charge in [-0.15, -0.1) is 0 Å². The van der Waals surface area contributed by atoms with Gasteiger partial charge in [-0.05, 0) is 55.3 Å². The third-order valence-electron chi connectivity index (χ3n) is 5.57. The number of aromatic nitrogens is 1. The molecular formula is C24H22F3N3O5S. The van der Waals surface area contributed by atoms with E-state index < -0.39 is 44.5 Å². The number of alkyl halides is 3. The topological polar surface area (TPSA) is 128 Å². The lowest BCUT2D eigenvalue weighted by Gasteiger charge is -2.19. The van der Waals surface area contributed by atoms with Gasteiger partial charge in [-0.2, -0.15) is 13.2 Å². The van der Waals surface area contributed by atoms with Crippen molar-refractivity contribution in [3.8, 4) is 5.69 Å². The van der Waals surface area contributed by atoms with Crippen LogP contribution < -0.4 is 16.6 Å². The summed E-state index contributed by atoms with van der Waals surface area (Å²) in [5.41, 5.74) is 3.20. The van der Waals surface area contributed by atoms with E-state index in [1.54, 1.807) is 0 Å². The molecule has 0 saturated carbocycles. The van der Waals surface area contributed by atoms with Crippen molar-refractivity contribution >= 4 is 21.7 Å². The molecule has 3 aromatic rings. The van der Waals surface area contributed by atoms with Crippen LogP contribution in [-0.4, -0.2) is 31.1 Å². The molecule has 0 unspecified atom stereocenters. The van der Waals surface area contributed by atoms with Gasteiger partial charge in [0.15, 0.2) is 9.84 Å². The summed E-state index contributed by atoms with van der Waals surface area (Å²) in [6, 6.07) is 9.60. The van der Waals surface area contributed by atoms with Crippen LogP contribution in [0.5, 0.6) is 0 Å². The van der Waals surface area contributed by atoms with Gasteiger partial charge in [0.05, 0.1) is 16.0 Å². The number of hydrogen-bond acceptors (Lipinski definition) is 5. The fraction of sp³-hybridized carbons (Fsp3) is 0.208. The van der Waals surface area contributed by atoms with Crippen LogP contribution in [-0.2, 0) is 22.6 Å². The van der Waals surface area contributed by atoms with Gasteiger partial charge in [0.2, 0.25) is 0 Å². The summed E-state index contributed by atoms with van der Waals surface area (Å²) in [6.07, 6.45) is -3.63. The summed E-state index contributed by atoms with van der Waals surface area (Å²) in [4.78, 5) is 38.6. The summed E-state index contributed by atoms with van der Waals surface area (Å²) < 4.78 is 63.8. The zero-order chi connectivity index (χ0) is 27.0. The molecule has 2 aromatic carbocycles. The first-order chi connectivity index (χ1) is 16.6. The normalized spacial score (nSPS) is 11.8. The molecule has 0 atom stereocenters. The van der Waals surface area contributed by atoms with E-state index in [2.05, 4.69) is 5.32 Å². The number of halogens is 3. The first-order valence-corrected chi connectivity index (χ1v) is 12.3. The molecule has 0 fully saturated rings. The number of benzene rings is 2. The maximum atomic E-state index is 13.4. The number of nitrogens with zero attached hydrogens (tertiary/aromatic N) is 1. The predicted octanol–water partition coefficient (Wildman–Crippen LogP) is 2.91. The number of primary amides is 1. The number of pyridine rings is 1. The van der Waals surface area contributed by atoms with E-state index in [1.807, 2.05) is 0 Å². The Kier molecular flexibility index (Phi) is 7.12. The molecule has 0 radical (unpaired) electrons. The molecule has 8 nitrogen and oxygen atoms in total. The molecule has 12 heteroatoms. The van der Waals surface area contributed by atoms with Crippen LogP contribution in [0, 0.1) is 13.8 Å². The molecule has 36 heavy (non-hydrogen) atoms. The van der Waals surface area contributed by atoms with Crippen LogP contribution in [0.3, 0.4) is 0 Å². The average Bonchev–Trinajstić information content (AvgIpc) is 2.76. The third-order valence-corrected chi connectivity index (χ3v) is 6.70. The van der Waals surface area contributed by atoms with Crippen molar-refractivity contribution in [3.63, 3.8) is 0 Å². The second-order valence-electron chi connectivity index (χ2n) is 8.11. The van der Waals surface area contributed by atoms with Crippen molar-refractivity contribution in [1.82, 2.24) is 9.88 Å². The Morgan fingerprint density at radius 3 is 2.17 bits per heavy atom. The van der Waals surface area contributed by atoms with E-state index in [1.165, 1.54) is 44.2 Å². The fourth-order valence-electron chi connectivity index (χ4n) is 3.82. The molecular weight excluding hydrogens is 499 g/mol. The van der Waals surface area contributed by atoms with Crippen molar-refractivity contribution in [2.75, 3.05) is 6.26 Å². The monoisotopic (exact) mass is 521 g/mol. The Labute approximate surface area is 204 Å². The Hall–Kier alpha value is -3.93. The molecule has 0 aliphatic heterocycles. The Balaban J connectivity index is 2.08. The highest BCUT2D eigenvalue weighted by Crippen LogP contribution is 2.30. The summed E-state index contributed by atoms with van der Waals surface area (Å²) in [5, 5.41) is 2.52. The Bertz CT molecular complexity index is 1530. The molecule has 3 rings (SSSR count). The van der Waals surface area contributed by atoms with Crippen molar-refractivity contribution in [2.24, 2.45) is 5.73 Å². The van der Waals surface area contributed by atoms with Crippen LogP contribution >= 0.6 is 0 Å². The van der Waals surface area contributed by atoms with Gasteiger partial charge in [0, 0.05) is 24.2 Å². The highest BCUT2D eigenvalue weighted by molar-refractivity contribution is 7.90. The molecule has 0 aliphatic rings. The molecule has 0 bridgehead atoms. The van der Waals surface area contributed by atoms with Gasteiger partial charge in [-0.3, -0.25) is 19.0 Å². The first kappa shape index (κ1) is 26.7. The predicted molar refractivity (Wildman–Crippen MR) is 126 cm³/mol. The zero-order valence-electron chi connectivity index (χ0n) is 19.4. The lowest BCUT2D eigenvalue weighted by Crippen LogP contribution is -2.37. The standard InChI is InChI=1S/C24H22F3N3O5S/c1-13-19(21(28)31)14(2)30(17-6-4-5-16(11-17)24(25,26)27)23(33)20(13)22(32)29-12-15-7-9-18(10-8-15)36(3,34)35/h4-11H,12H2,1-3H3,(H2,28,31)(H,29,32). The molecule has 0 aliphatic carbocycles. The lowest BCUT2D eigenvalue weighted by molar-refractivity contribution is -0.137. The van der Waals surface area contributed by atoms with Crippen LogP contribution in [0.1, 0.15) is 43.1 Å². The molecule has 3 N–H and O–H groups in total. The van der Waals surface area contributed by atoms with Gasteiger partial charge < -0.3 is 11.1 Å². The van der Waals surface area contributed by atoms with E-state index in [0.717, 1.165) is 29.0 Å². The smallest absolute Gasteiger partial charge is 0.366 e. The molecule has 0 spiro atoms. The number of hydrogen-bond donors (Lipinski definition) is 2. The number of carbonyl (C=O) groups is 2. The van der Waals surface area contributed by atoms with E-state index in [4.69, 9.17) is 5.73 Å². The van der Waals surface area contributed by atoms with Gasteiger partial charge in [-0.1, -0.05) is 18.2 Å². The van der Waals surface area contributed by atoms with Crippen LogP contribution in [0.2, 0.25) is 0 Å². The van der Waals surface area contributed by atoms with Crippen molar-refractivity contribution in [1.29, 1.82) is 0 Å². The van der Waals surface area contributed by atoms with E-state index in [-0.39, 0.29) is 33.9 Å². The van der Waals surface area contributed by atoms with Crippen LogP contribution in [0.25, 0.3) is 5.69 Å². The number of rotatable bonds is 6. The maximum absolute atomic E-state index is 13.4. The van der Waals surface area contributed by atoms with Gasteiger partial charge in [0.1, 0.15) is 5.56 Å². The molecule has 190 valence electrons. The second-order valence-corrected chi connectivity index (χ2v) is 10.1. The second kappa shape index (κ2) is 9.61. The number of amides is 2. The SMILES string of the molecule is Cc1c(C(N)=O)c(C)n(-c2cccc(C(F)(F)F)c2)c(=O)c1C(=O)NCc1ccc(S(C)(=O)=O)cc1. The summed E-state index contributed by atoms with van der Waals surface area (Å²) >= 11 is 0. The zero-order valence-corrected chi connectivity index (χ0v) is 20.3. The largest absolute Gasteiger partial charge is 0.416 e. The van der Waals surface area contributed by atoms with Crippen LogP contribution in [0.4, 0.5) is 13.2 Å². The Morgan fingerprint density at radius 2 is 1.64 bits per heavy atom. The van der Waals surface area contributed by atoms with E-state index in [9.17, 15) is 36.0 Å².